The molecule has 0 heterocycles. The molecule has 0 aliphatic rings. The summed E-state index contributed by atoms with van der Waals surface area (Å²) in [7, 11) is 2.86. The number of carbonyl (C=O) groups excluding carboxylic acids is 2. The lowest BCUT2D eigenvalue weighted by Crippen LogP contribution is -2.09. The summed E-state index contributed by atoms with van der Waals surface area (Å²) in [5.41, 5.74) is 1.55. The van der Waals surface area contributed by atoms with Gasteiger partial charge in [0.2, 0.25) is 0 Å². The van der Waals surface area contributed by atoms with Crippen molar-refractivity contribution in [2.24, 2.45) is 0 Å². The lowest BCUT2D eigenvalue weighted by molar-refractivity contribution is 0.0597. The van der Waals surface area contributed by atoms with Crippen LogP contribution in [0.15, 0.2) is 42.5 Å². The van der Waals surface area contributed by atoms with Gasteiger partial charge < -0.3 is 14.2 Å². The Morgan fingerprint density at radius 2 is 1.74 bits per heavy atom. The van der Waals surface area contributed by atoms with Crippen molar-refractivity contribution in [3.05, 3.63) is 59.2 Å². The molecule has 0 radical (unpaired) electrons. The topological polar surface area (TPSA) is 61.8 Å². The molecule has 2 aromatic rings. The molecule has 5 nitrogen and oxygen atoms in total. The van der Waals surface area contributed by atoms with Crippen LogP contribution in [0.2, 0.25) is 0 Å². The monoisotopic (exact) mass is 314 g/mol. The maximum absolute atomic E-state index is 11.8. The second kappa shape index (κ2) is 7.45. The molecule has 0 N–H and O–H groups in total. The van der Waals surface area contributed by atoms with Crippen LogP contribution in [0.25, 0.3) is 0 Å². The number of ether oxygens (including phenoxy) is 3. The summed E-state index contributed by atoms with van der Waals surface area (Å²) in [5.74, 6) is 0.473. The summed E-state index contributed by atoms with van der Waals surface area (Å²) < 4.78 is 15.6. The highest BCUT2D eigenvalue weighted by Crippen LogP contribution is 2.26. The minimum absolute atomic E-state index is 0.125. The van der Waals surface area contributed by atoms with Crippen molar-refractivity contribution in [1.29, 1.82) is 0 Å². The molecular weight excluding hydrogens is 296 g/mol. The number of ketones is 1. The van der Waals surface area contributed by atoms with E-state index in [0.29, 0.717) is 28.2 Å². The first-order chi connectivity index (χ1) is 11.1. The second-order valence-corrected chi connectivity index (χ2v) is 4.86. The van der Waals surface area contributed by atoms with Crippen molar-refractivity contribution >= 4 is 11.8 Å². The SMILES string of the molecule is COC(=O)c1ccccc1COc1ccc(OC)cc1C(C)=O. The summed E-state index contributed by atoms with van der Waals surface area (Å²) in [6, 6.07) is 12.0. The number of Topliss-reactive ketones (excluding diaryl/α,β-unsaturated/α-hetero) is 1. The standard InChI is InChI=1S/C18H18O5/c1-12(19)16-10-14(21-2)8-9-17(16)23-11-13-6-4-5-7-15(13)18(20)22-3/h4-10H,11H2,1-3H3. The van der Waals surface area contributed by atoms with Crippen LogP contribution >= 0.6 is 0 Å². The van der Waals surface area contributed by atoms with E-state index >= 15 is 0 Å². The third-order valence-electron chi connectivity index (χ3n) is 3.37. The Morgan fingerprint density at radius 3 is 2.39 bits per heavy atom. The number of hydrogen-bond acceptors (Lipinski definition) is 5. The van der Waals surface area contributed by atoms with Gasteiger partial charge in [0.25, 0.3) is 0 Å². The fraction of sp³-hybridized carbons (Fsp3) is 0.222. The summed E-state index contributed by atoms with van der Waals surface area (Å²) in [5, 5.41) is 0. The molecule has 0 aliphatic heterocycles. The lowest BCUT2D eigenvalue weighted by Gasteiger charge is -2.13. The molecule has 0 atom stereocenters. The van der Waals surface area contributed by atoms with Crippen LogP contribution in [0, 0.1) is 0 Å². The van der Waals surface area contributed by atoms with E-state index in [4.69, 9.17) is 14.2 Å². The minimum Gasteiger partial charge on any atom is -0.497 e. The molecule has 2 aromatic carbocycles. The molecule has 23 heavy (non-hydrogen) atoms. The van der Waals surface area contributed by atoms with Gasteiger partial charge in [-0.05, 0) is 31.2 Å². The van der Waals surface area contributed by atoms with E-state index < -0.39 is 5.97 Å². The first kappa shape index (κ1) is 16.5. The Kier molecular flexibility index (Phi) is 5.36. The predicted molar refractivity (Wildman–Crippen MR) is 85.1 cm³/mol. The van der Waals surface area contributed by atoms with E-state index in [2.05, 4.69) is 0 Å². The molecule has 120 valence electrons. The summed E-state index contributed by atoms with van der Waals surface area (Å²) >= 11 is 0. The molecule has 0 saturated heterocycles. The zero-order valence-electron chi connectivity index (χ0n) is 13.3. The van der Waals surface area contributed by atoms with Gasteiger partial charge in [-0.15, -0.1) is 0 Å². The van der Waals surface area contributed by atoms with E-state index in [1.165, 1.54) is 21.1 Å². The van der Waals surface area contributed by atoms with Crippen LogP contribution in [-0.2, 0) is 11.3 Å². The van der Waals surface area contributed by atoms with Crippen LogP contribution in [0.5, 0.6) is 11.5 Å². The Hall–Kier alpha value is -2.82. The predicted octanol–water partition coefficient (Wildman–Crippen LogP) is 3.26. The molecule has 0 spiro atoms. The van der Waals surface area contributed by atoms with Gasteiger partial charge in [-0.1, -0.05) is 18.2 Å². The molecule has 0 fully saturated rings. The smallest absolute Gasteiger partial charge is 0.338 e. The highest BCUT2D eigenvalue weighted by molar-refractivity contribution is 5.97. The van der Waals surface area contributed by atoms with E-state index in [1.54, 1.807) is 36.4 Å². The largest absolute Gasteiger partial charge is 0.497 e. The molecule has 0 aliphatic carbocycles. The van der Waals surface area contributed by atoms with Crippen LogP contribution in [0.4, 0.5) is 0 Å². The number of esters is 1. The van der Waals surface area contributed by atoms with Crippen molar-refractivity contribution in [2.75, 3.05) is 14.2 Å². The zero-order valence-corrected chi connectivity index (χ0v) is 13.3. The van der Waals surface area contributed by atoms with Crippen molar-refractivity contribution in [2.45, 2.75) is 13.5 Å². The molecule has 0 bridgehead atoms. The average Bonchev–Trinajstić information content (AvgIpc) is 2.59. The Labute approximate surface area is 134 Å². The molecule has 0 unspecified atom stereocenters. The van der Waals surface area contributed by atoms with Crippen LogP contribution in [-0.4, -0.2) is 26.0 Å². The van der Waals surface area contributed by atoms with Gasteiger partial charge in [-0.2, -0.15) is 0 Å². The minimum atomic E-state index is -0.425. The van der Waals surface area contributed by atoms with Crippen molar-refractivity contribution in [3.63, 3.8) is 0 Å². The van der Waals surface area contributed by atoms with E-state index in [-0.39, 0.29) is 12.4 Å². The van der Waals surface area contributed by atoms with Gasteiger partial charge in [0.15, 0.2) is 5.78 Å². The maximum Gasteiger partial charge on any atom is 0.338 e. The van der Waals surface area contributed by atoms with Gasteiger partial charge in [-0.3, -0.25) is 4.79 Å². The summed E-state index contributed by atoms with van der Waals surface area (Å²) in [4.78, 5) is 23.5. The fourth-order valence-electron chi connectivity index (χ4n) is 2.15. The third-order valence-corrected chi connectivity index (χ3v) is 3.37. The van der Waals surface area contributed by atoms with E-state index in [9.17, 15) is 9.59 Å². The van der Waals surface area contributed by atoms with Crippen LogP contribution < -0.4 is 9.47 Å². The van der Waals surface area contributed by atoms with Crippen LogP contribution in [0.3, 0.4) is 0 Å². The van der Waals surface area contributed by atoms with Gasteiger partial charge in [-0.25, -0.2) is 4.79 Å². The molecular formula is C18H18O5. The number of carbonyl (C=O) groups is 2. The average molecular weight is 314 g/mol. The lowest BCUT2D eigenvalue weighted by atomic mass is 10.1. The molecule has 2 rings (SSSR count). The molecule has 0 aromatic heterocycles. The maximum atomic E-state index is 11.8. The second-order valence-electron chi connectivity index (χ2n) is 4.86. The Morgan fingerprint density at radius 1 is 1.00 bits per heavy atom. The first-order valence-corrected chi connectivity index (χ1v) is 7.04. The number of methoxy groups -OCH3 is 2. The summed E-state index contributed by atoms with van der Waals surface area (Å²) in [6.07, 6.45) is 0. The van der Waals surface area contributed by atoms with Gasteiger partial charge >= 0.3 is 5.97 Å². The van der Waals surface area contributed by atoms with Gasteiger partial charge in [0, 0.05) is 5.56 Å². The van der Waals surface area contributed by atoms with E-state index in [1.807, 2.05) is 6.07 Å². The first-order valence-electron chi connectivity index (χ1n) is 7.04. The van der Waals surface area contributed by atoms with Crippen molar-refractivity contribution < 1.29 is 23.8 Å². The van der Waals surface area contributed by atoms with E-state index in [0.717, 1.165) is 0 Å². The number of benzene rings is 2. The Balaban J connectivity index is 2.25. The molecule has 0 saturated carbocycles. The highest BCUT2D eigenvalue weighted by Gasteiger charge is 2.14. The summed E-state index contributed by atoms with van der Waals surface area (Å²) in [6.45, 7) is 1.61. The highest BCUT2D eigenvalue weighted by atomic mass is 16.5. The Bertz CT molecular complexity index is 721. The van der Waals surface area contributed by atoms with Crippen LogP contribution in [0.1, 0.15) is 33.2 Å². The third kappa shape index (κ3) is 3.88. The quantitative estimate of drug-likeness (QED) is 0.605. The van der Waals surface area contributed by atoms with Crippen molar-refractivity contribution in [1.82, 2.24) is 0 Å². The van der Waals surface area contributed by atoms with Gasteiger partial charge in [0.05, 0.1) is 25.3 Å². The van der Waals surface area contributed by atoms with Gasteiger partial charge in [0.1, 0.15) is 18.1 Å². The molecule has 5 heteroatoms. The fourth-order valence-corrected chi connectivity index (χ4v) is 2.15. The zero-order chi connectivity index (χ0) is 16.8. The normalized spacial score (nSPS) is 10.0. The molecule has 0 amide bonds. The number of hydrogen-bond donors (Lipinski definition) is 0. The van der Waals surface area contributed by atoms with Crippen molar-refractivity contribution in [3.8, 4) is 11.5 Å². The number of rotatable bonds is 6.